The molecule has 0 fully saturated rings. The number of fused-ring (bicyclic) bond motifs is 1. The molecule has 1 aromatic heterocycles. The number of rotatable bonds is 2. The number of benzene rings is 2. The third-order valence-corrected chi connectivity index (χ3v) is 3.12. The summed E-state index contributed by atoms with van der Waals surface area (Å²) in [6.07, 6.45) is 1.21. The van der Waals surface area contributed by atoms with Crippen LogP contribution in [0.5, 0.6) is 17.2 Å². The lowest BCUT2D eigenvalue weighted by Crippen LogP contribution is -2.05. The molecule has 2 aromatic carbocycles. The summed E-state index contributed by atoms with van der Waals surface area (Å²) in [6, 6.07) is 8.14. The van der Waals surface area contributed by atoms with Crippen LogP contribution >= 0.6 is 0 Å². The van der Waals surface area contributed by atoms with Crippen molar-refractivity contribution in [1.82, 2.24) is 0 Å². The largest absolute Gasteiger partial charge is 0.508 e. The van der Waals surface area contributed by atoms with Crippen molar-refractivity contribution >= 4 is 11.0 Å². The smallest absolute Gasteiger partial charge is 0.204 e. The summed E-state index contributed by atoms with van der Waals surface area (Å²) in [7, 11) is -2.56. The summed E-state index contributed by atoms with van der Waals surface area (Å²) < 4.78 is 31.2. The number of phenolic OH excluding ortho intramolecular Hbond substituents is 2. The van der Waals surface area contributed by atoms with E-state index in [2.05, 4.69) is 0 Å². The van der Waals surface area contributed by atoms with Crippen LogP contribution in [0.3, 0.4) is 0 Å². The van der Waals surface area contributed by atoms with Crippen molar-refractivity contribution in [2.45, 2.75) is 0 Å². The van der Waals surface area contributed by atoms with Crippen molar-refractivity contribution in [3.63, 3.8) is 0 Å². The van der Waals surface area contributed by atoms with E-state index in [9.17, 15) is 15.0 Å². The van der Waals surface area contributed by atoms with Crippen molar-refractivity contribution in [1.29, 1.82) is 0 Å². The van der Waals surface area contributed by atoms with E-state index in [1.807, 2.05) is 0 Å². The van der Waals surface area contributed by atoms with E-state index < -0.39 is 12.5 Å². The van der Waals surface area contributed by atoms with Gasteiger partial charge in [0.15, 0.2) is 0 Å². The van der Waals surface area contributed by atoms with Gasteiger partial charge < -0.3 is 19.4 Å². The second-order valence-corrected chi connectivity index (χ2v) is 4.44. The van der Waals surface area contributed by atoms with Gasteiger partial charge in [-0.05, 0) is 17.7 Å². The van der Waals surface area contributed by atoms with Crippen LogP contribution in [-0.4, -0.2) is 17.3 Å². The lowest BCUT2D eigenvalue weighted by Gasteiger charge is -2.05. The summed E-state index contributed by atoms with van der Waals surface area (Å²) in [5.41, 5.74) is 0.238. The molecular weight excluding hydrogens is 272 g/mol. The van der Waals surface area contributed by atoms with Gasteiger partial charge in [0.1, 0.15) is 34.5 Å². The molecule has 5 heteroatoms. The zero-order valence-corrected chi connectivity index (χ0v) is 10.7. The van der Waals surface area contributed by atoms with Crippen molar-refractivity contribution in [2.75, 3.05) is 7.04 Å². The predicted molar refractivity (Wildman–Crippen MR) is 77.8 cm³/mol. The lowest BCUT2D eigenvalue weighted by molar-refractivity contribution is 0.415. The molecular formula is C16H12O5. The topological polar surface area (TPSA) is 79.9 Å². The molecule has 3 rings (SSSR count). The molecule has 2 N–H and O–H groups in total. The SMILES string of the molecule is [2H]C([2H])([2H])Oc1ccc(-c2coc3cc(O)cc(O)c3c2=O)cc1. The van der Waals surface area contributed by atoms with Crippen LogP contribution in [0.1, 0.15) is 4.11 Å². The third-order valence-electron chi connectivity index (χ3n) is 3.12. The maximum atomic E-state index is 12.6. The molecule has 3 aromatic rings. The molecule has 0 aliphatic heterocycles. The van der Waals surface area contributed by atoms with E-state index in [0.29, 0.717) is 5.56 Å². The van der Waals surface area contributed by atoms with Gasteiger partial charge in [-0.2, -0.15) is 0 Å². The van der Waals surface area contributed by atoms with E-state index >= 15 is 0 Å². The second kappa shape index (κ2) is 4.86. The van der Waals surface area contributed by atoms with Gasteiger partial charge in [0.2, 0.25) is 5.43 Å². The van der Waals surface area contributed by atoms with Crippen molar-refractivity contribution in [2.24, 2.45) is 0 Å². The summed E-state index contributed by atoms with van der Waals surface area (Å²) in [4.78, 5) is 12.6. The quantitative estimate of drug-likeness (QED) is 0.757. The molecule has 5 nitrogen and oxygen atoms in total. The van der Waals surface area contributed by atoms with E-state index in [0.717, 1.165) is 6.07 Å². The Morgan fingerprint density at radius 2 is 1.95 bits per heavy atom. The maximum Gasteiger partial charge on any atom is 0.204 e. The lowest BCUT2D eigenvalue weighted by atomic mass is 10.0. The summed E-state index contributed by atoms with van der Waals surface area (Å²) in [6.45, 7) is 0. The Morgan fingerprint density at radius 1 is 1.19 bits per heavy atom. The van der Waals surface area contributed by atoms with Gasteiger partial charge in [-0.25, -0.2) is 0 Å². The first-order valence-electron chi connectivity index (χ1n) is 7.51. The highest BCUT2D eigenvalue weighted by Gasteiger charge is 2.13. The average molecular weight is 287 g/mol. The monoisotopic (exact) mass is 287 g/mol. The number of aromatic hydroxyl groups is 2. The van der Waals surface area contributed by atoms with Crippen LogP contribution in [0.25, 0.3) is 22.1 Å². The fourth-order valence-electron chi connectivity index (χ4n) is 2.12. The minimum absolute atomic E-state index is 0.0480. The van der Waals surface area contributed by atoms with Crippen molar-refractivity contribution in [3.05, 3.63) is 52.9 Å². The maximum absolute atomic E-state index is 12.6. The molecule has 0 amide bonds. The third kappa shape index (κ3) is 2.18. The summed E-state index contributed by atoms with van der Waals surface area (Å²) >= 11 is 0. The Labute approximate surface area is 123 Å². The van der Waals surface area contributed by atoms with Crippen LogP contribution in [0.4, 0.5) is 0 Å². The molecule has 0 atom stereocenters. The molecule has 0 unspecified atom stereocenters. The average Bonchev–Trinajstić information content (AvgIpc) is 2.46. The first-order chi connectivity index (χ1) is 11.2. The van der Waals surface area contributed by atoms with Crippen molar-refractivity contribution in [3.8, 4) is 28.4 Å². The Hall–Kier alpha value is -2.95. The van der Waals surface area contributed by atoms with Gasteiger partial charge in [0.25, 0.3) is 0 Å². The van der Waals surface area contributed by atoms with Gasteiger partial charge in [0, 0.05) is 12.1 Å². The molecule has 0 bridgehead atoms. The second-order valence-electron chi connectivity index (χ2n) is 4.44. The zero-order valence-electron chi connectivity index (χ0n) is 13.7. The number of hydrogen-bond acceptors (Lipinski definition) is 5. The normalized spacial score (nSPS) is 13.4. The van der Waals surface area contributed by atoms with Crippen molar-refractivity contribution < 1.29 is 23.5 Å². The van der Waals surface area contributed by atoms with E-state index in [1.165, 1.54) is 36.6 Å². The highest BCUT2D eigenvalue weighted by molar-refractivity contribution is 5.87. The predicted octanol–water partition coefficient (Wildman–Crippen LogP) is 2.88. The molecule has 0 aliphatic carbocycles. The van der Waals surface area contributed by atoms with Gasteiger partial charge >= 0.3 is 0 Å². The molecule has 106 valence electrons. The Balaban J connectivity index is 2.07. The summed E-state index contributed by atoms with van der Waals surface area (Å²) in [5.74, 6) is -0.471. The van der Waals surface area contributed by atoms with E-state index in [4.69, 9.17) is 13.3 Å². The van der Waals surface area contributed by atoms with Crippen LogP contribution in [0.2, 0.25) is 0 Å². The Morgan fingerprint density at radius 3 is 2.67 bits per heavy atom. The van der Waals surface area contributed by atoms with Crippen LogP contribution < -0.4 is 10.2 Å². The van der Waals surface area contributed by atoms with Gasteiger partial charge in [-0.3, -0.25) is 4.79 Å². The fourth-order valence-corrected chi connectivity index (χ4v) is 2.12. The first-order valence-corrected chi connectivity index (χ1v) is 6.01. The standard InChI is InChI=1S/C16H12O5/c1-20-11-4-2-9(3-5-11)12-8-21-14-7-10(17)6-13(18)15(14)16(12)19/h2-8,17-18H,1H3/i1D3. The van der Waals surface area contributed by atoms with Gasteiger partial charge in [-0.1, -0.05) is 12.1 Å². The molecule has 1 heterocycles. The first kappa shape index (κ1) is 9.88. The minimum Gasteiger partial charge on any atom is -0.508 e. The number of ether oxygens (including phenoxy) is 1. The van der Waals surface area contributed by atoms with Gasteiger partial charge in [0.05, 0.1) is 16.7 Å². The number of hydrogen-bond donors (Lipinski definition) is 2. The minimum atomic E-state index is -2.56. The highest BCUT2D eigenvalue weighted by Crippen LogP contribution is 2.29. The summed E-state index contributed by atoms with van der Waals surface area (Å²) in [5, 5.41) is 19.3. The molecule has 0 saturated heterocycles. The number of methoxy groups -OCH3 is 1. The molecule has 0 aliphatic rings. The van der Waals surface area contributed by atoms with Crippen LogP contribution in [0.15, 0.2) is 51.9 Å². The molecule has 21 heavy (non-hydrogen) atoms. The fraction of sp³-hybridized carbons (Fsp3) is 0.0625. The van der Waals surface area contributed by atoms with Crippen LogP contribution in [-0.2, 0) is 0 Å². The zero-order chi connectivity index (χ0) is 17.5. The number of phenols is 2. The molecule has 0 radical (unpaired) electrons. The van der Waals surface area contributed by atoms with E-state index in [1.54, 1.807) is 0 Å². The van der Waals surface area contributed by atoms with Gasteiger partial charge in [-0.15, -0.1) is 0 Å². The highest BCUT2D eigenvalue weighted by atomic mass is 16.5. The van der Waals surface area contributed by atoms with E-state index in [-0.39, 0.29) is 33.8 Å². The van der Waals surface area contributed by atoms with Crippen LogP contribution in [0, 0.1) is 0 Å². The molecule has 0 spiro atoms. The Bertz CT molecular complexity index is 958. The Kier molecular flexibility index (Phi) is 2.29. The molecule has 0 saturated carbocycles.